The van der Waals surface area contributed by atoms with Gasteiger partial charge in [-0.25, -0.2) is 0 Å². The van der Waals surface area contributed by atoms with Crippen LogP contribution < -0.4 is 10.1 Å². The summed E-state index contributed by atoms with van der Waals surface area (Å²) in [5.41, 5.74) is 3.77. The predicted octanol–water partition coefficient (Wildman–Crippen LogP) is 4.58. The summed E-state index contributed by atoms with van der Waals surface area (Å²) in [7, 11) is 1.71. The van der Waals surface area contributed by atoms with E-state index in [0.29, 0.717) is 6.04 Å². The Bertz CT molecular complexity index is 580. The van der Waals surface area contributed by atoms with Gasteiger partial charge in [0.15, 0.2) is 0 Å². The molecule has 2 rings (SSSR count). The van der Waals surface area contributed by atoms with Crippen LogP contribution in [-0.2, 0) is 6.54 Å². The lowest BCUT2D eigenvalue weighted by atomic mass is 10.1. The normalized spacial score (nSPS) is 12.2. The Balaban J connectivity index is 1.96. The molecule has 1 atom stereocenters. The van der Waals surface area contributed by atoms with Crippen molar-refractivity contribution in [2.75, 3.05) is 13.4 Å². The summed E-state index contributed by atoms with van der Waals surface area (Å²) in [5, 5.41) is 3.57. The molecule has 0 heterocycles. The molecule has 0 bridgehead atoms. The summed E-state index contributed by atoms with van der Waals surface area (Å²) in [5.74, 6) is 0.944. The van der Waals surface area contributed by atoms with Gasteiger partial charge in [0.25, 0.3) is 0 Å². The van der Waals surface area contributed by atoms with Crippen LogP contribution >= 0.6 is 11.8 Å². The first-order valence-corrected chi connectivity index (χ1v) is 8.37. The molecule has 2 aromatic carbocycles. The fraction of sp³-hybridized carbons (Fsp3) is 0.333. The number of aryl methyl sites for hydroxylation is 1. The monoisotopic (exact) mass is 301 g/mol. The number of hydrogen-bond donors (Lipinski definition) is 1. The Kier molecular flexibility index (Phi) is 5.71. The van der Waals surface area contributed by atoms with Crippen LogP contribution in [0.2, 0.25) is 0 Å². The van der Waals surface area contributed by atoms with Crippen LogP contribution in [0.15, 0.2) is 47.4 Å². The summed E-state index contributed by atoms with van der Waals surface area (Å²) in [4.78, 5) is 1.30. The molecule has 112 valence electrons. The van der Waals surface area contributed by atoms with Gasteiger partial charge in [0, 0.05) is 17.5 Å². The Morgan fingerprint density at radius 1 is 1.14 bits per heavy atom. The standard InChI is InChI=1S/C18H23NOS/c1-13-11-15(5-10-18(13)20-3)12-19-14(2)16-6-8-17(21-4)9-7-16/h5-11,14,19H,12H2,1-4H3. The van der Waals surface area contributed by atoms with Crippen LogP contribution in [0.5, 0.6) is 5.75 Å². The molecule has 2 aromatic rings. The molecule has 1 N–H and O–H groups in total. The first-order chi connectivity index (χ1) is 10.1. The van der Waals surface area contributed by atoms with E-state index in [9.17, 15) is 0 Å². The van der Waals surface area contributed by atoms with Crippen LogP contribution in [-0.4, -0.2) is 13.4 Å². The van der Waals surface area contributed by atoms with Gasteiger partial charge in [-0.1, -0.05) is 24.3 Å². The van der Waals surface area contributed by atoms with Gasteiger partial charge < -0.3 is 10.1 Å². The van der Waals surface area contributed by atoms with Crippen LogP contribution in [0.3, 0.4) is 0 Å². The molecule has 2 nitrogen and oxygen atoms in total. The van der Waals surface area contributed by atoms with Crippen molar-refractivity contribution in [3.8, 4) is 5.75 Å². The zero-order valence-electron chi connectivity index (χ0n) is 13.1. The predicted molar refractivity (Wildman–Crippen MR) is 91.2 cm³/mol. The van der Waals surface area contributed by atoms with E-state index in [0.717, 1.165) is 12.3 Å². The van der Waals surface area contributed by atoms with E-state index in [1.807, 2.05) is 6.07 Å². The second kappa shape index (κ2) is 7.53. The minimum Gasteiger partial charge on any atom is -0.496 e. The van der Waals surface area contributed by atoms with Crippen molar-refractivity contribution in [2.24, 2.45) is 0 Å². The quantitative estimate of drug-likeness (QED) is 0.789. The molecule has 1 unspecified atom stereocenters. The minimum atomic E-state index is 0.336. The molecular weight excluding hydrogens is 278 g/mol. The van der Waals surface area contributed by atoms with Gasteiger partial charge in [0.2, 0.25) is 0 Å². The highest BCUT2D eigenvalue weighted by molar-refractivity contribution is 7.98. The number of hydrogen-bond acceptors (Lipinski definition) is 3. The van der Waals surface area contributed by atoms with Crippen molar-refractivity contribution in [2.45, 2.75) is 31.3 Å². The number of rotatable bonds is 6. The highest BCUT2D eigenvalue weighted by Gasteiger charge is 2.06. The molecule has 0 aliphatic rings. The van der Waals surface area contributed by atoms with Gasteiger partial charge >= 0.3 is 0 Å². The van der Waals surface area contributed by atoms with Crippen molar-refractivity contribution < 1.29 is 4.74 Å². The topological polar surface area (TPSA) is 21.3 Å². The molecule has 0 radical (unpaired) electrons. The third-order valence-electron chi connectivity index (χ3n) is 3.69. The van der Waals surface area contributed by atoms with E-state index in [4.69, 9.17) is 4.74 Å². The maximum absolute atomic E-state index is 5.29. The van der Waals surface area contributed by atoms with Crippen molar-refractivity contribution in [3.63, 3.8) is 0 Å². The van der Waals surface area contributed by atoms with Crippen LogP contribution in [0.25, 0.3) is 0 Å². The lowest BCUT2D eigenvalue weighted by Gasteiger charge is -2.15. The van der Waals surface area contributed by atoms with E-state index >= 15 is 0 Å². The molecule has 0 saturated heterocycles. The summed E-state index contributed by atoms with van der Waals surface area (Å²) in [6.07, 6.45) is 2.10. The van der Waals surface area contributed by atoms with Crippen molar-refractivity contribution in [1.82, 2.24) is 5.32 Å². The van der Waals surface area contributed by atoms with E-state index in [-0.39, 0.29) is 0 Å². The highest BCUT2D eigenvalue weighted by Crippen LogP contribution is 2.21. The van der Waals surface area contributed by atoms with Crippen LogP contribution in [0, 0.1) is 6.92 Å². The Morgan fingerprint density at radius 2 is 1.86 bits per heavy atom. The van der Waals surface area contributed by atoms with E-state index in [1.165, 1.54) is 21.6 Å². The smallest absolute Gasteiger partial charge is 0.121 e. The fourth-order valence-corrected chi connectivity index (χ4v) is 2.74. The molecular formula is C18H23NOS. The summed E-state index contributed by atoms with van der Waals surface area (Å²) in [6.45, 7) is 5.13. The van der Waals surface area contributed by atoms with E-state index in [2.05, 4.69) is 61.8 Å². The third kappa shape index (κ3) is 4.26. The SMILES string of the molecule is COc1ccc(CNC(C)c2ccc(SC)cc2)cc1C. The van der Waals surface area contributed by atoms with Gasteiger partial charge in [-0.15, -0.1) is 11.8 Å². The Labute approximate surface area is 131 Å². The minimum absolute atomic E-state index is 0.336. The number of methoxy groups -OCH3 is 1. The molecule has 0 spiro atoms. The average Bonchev–Trinajstić information content (AvgIpc) is 2.52. The van der Waals surface area contributed by atoms with Gasteiger partial charge in [-0.05, 0) is 55.0 Å². The summed E-state index contributed by atoms with van der Waals surface area (Å²) in [6, 6.07) is 15.4. The first kappa shape index (κ1) is 15.9. The molecule has 0 fully saturated rings. The third-order valence-corrected chi connectivity index (χ3v) is 4.43. The van der Waals surface area contributed by atoms with E-state index < -0.39 is 0 Å². The van der Waals surface area contributed by atoms with Gasteiger partial charge in [-0.3, -0.25) is 0 Å². The van der Waals surface area contributed by atoms with Crippen LogP contribution in [0.1, 0.15) is 29.7 Å². The number of benzene rings is 2. The largest absolute Gasteiger partial charge is 0.496 e. The zero-order chi connectivity index (χ0) is 15.2. The zero-order valence-corrected chi connectivity index (χ0v) is 14.0. The maximum Gasteiger partial charge on any atom is 0.121 e. The van der Waals surface area contributed by atoms with Crippen molar-refractivity contribution in [3.05, 3.63) is 59.2 Å². The van der Waals surface area contributed by atoms with E-state index in [1.54, 1.807) is 18.9 Å². The number of ether oxygens (including phenoxy) is 1. The lowest BCUT2D eigenvalue weighted by Crippen LogP contribution is -2.18. The van der Waals surface area contributed by atoms with Gasteiger partial charge in [-0.2, -0.15) is 0 Å². The number of thioether (sulfide) groups is 1. The molecule has 3 heteroatoms. The molecule has 0 aliphatic carbocycles. The summed E-state index contributed by atoms with van der Waals surface area (Å²) >= 11 is 1.77. The highest BCUT2D eigenvalue weighted by atomic mass is 32.2. The lowest BCUT2D eigenvalue weighted by molar-refractivity contribution is 0.411. The first-order valence-electron chi connectivity index (χ1n) is 7.15. The fourth-order valence-electron chi connectivity index (χ4n) is 2.33. The van der Waals surface area contributed by atoms with Crippen LogP contribution in [0.4, 0.5) is 0 Å². The molecule has 0 amide bonds. The summed E-state index contributed by atoms with van der Waals surface area (Å²) < 4.78 is 5.29. The molecule has 0 saturated carbocycles. The van der Waals surface area contributed by atoms with Gasteiger partial charge in [0.1, 0.15) is 5.75 Å². The average molecular weight is 301 g/mol. The second-order valence-electron chi connectivity index (χ2n) is 5.18. The Morgan fingerprint density at radius 3 is 2.43 bits per heavy atom. The number of nitrogens with one attached hydrogen (secondary N) is 1. The van der Waals surface area contributed by atoms with Gasteiger partial charge in [0.05, 0.1) is 7.11 Å². The Hall–Kier alpha value is -1.45. The molecule has 0 aromatic heterocycles. The molecule has 21 heavy (non-hydrogen) atoms. The maximum atomic E-state index is 5.29. The molecule has 0 aliphatic heterocycles. The van der Waals surface area contributed by atoms with Crippen molar-refractivity contribution in [1.29, 1.82) is 0 Å². The second-order valence-corrected chi connectivity index (χ2v) is 6.06. The van der Waals surface area contributed by atoms with Crippen molar-refractivity contribution >= 4 is 11.8 Å².